The highest BCUT2D eigenvalue weighted by atomic mass is 127. The van der Waals surface area contributed by atoms with Crippen LogP contribution in [0.5, 0.6) is 0 Å². The van der Waals surface area contributed by atoms with E-state index in [0.29, 0.717) is 37.1 Å². The van der Waals surface area contributed by atoms with Crippen molar-refractivity contribution in [3.05, 3.63) is 71.4 Å². The fourth-order valence-corrected chi connectivity index (χ4v) is 12.8. The maximum absolute atomic E-state index is 14.1. The average Bonchev–Trinajstić information content (AvgIpc) is 1.75. The summed E-state index contributed by atoms with van der Waals surface area (Å²) in [5.74, 6) is -25.2. The van der Waals surface area contributed by atoms with Gasteiger partial charge in [-0.15, -0.1) is 0 Å². The van der Waals surface area contributed by atoms with E-state index >= 15 is 0 Å². The molecule has 40 nitrogen and oxygen atoms in total. The van der Waals surface area contributed by atoms with Crippen LogP contribution < -0.4 is 54.7 Å². The number of fused-ring (bicyclic) bond motifs is 2. The van der Waals surface area contributed by atoms with E-state index < -0.39 is 228 Å². The third-order valence-electron chi connectivity index (χ3n) is 16.6. The molecule has 0 radical (unpaired) electrons. The summed E-state index contributed by atoms with van der Waals surface area (Å²) in [4.78, 5) is 227. The van der Waals surface area contributed by atoms with E-state index in [2.05, 4.69) is 21.3 Å². The second-order valence-corrected chi connectivity index (χ2v) is 25.8. The second-order valence-electron chi connectivity index (χ2n) is 24.8. The lowest BCUT2D eigenvalue weighted by atomic mass is 9.94. The Morgan fingerprint density at radius 3 is 1.40 bits per heavy atom. The van der Waals surface area contributed by atoms with Crippen LogP contribution >= 0.6 is 11.3 Å². The van der Waals surface area contributed by atoms with Gasteiger partial charge in [0.05, 0.1) is 64.8 Å². The van der Waals surface area contributed by atoms with Crippen LogP contribution in [0.25, 0.3) is 21.9 Å². The number of allylic oxidation sites excluding steroid dienone is 2. The number of hydrogen-bond donors (Lipinski definition) is 16. The third-order valence-corrected chi connectivity index (χ3v) is 17.7. The number of ketones is 2. The van der Waals surface area contributed by atoms with Crippen LogP contribution in [-0.4, -0.2) is 284 Å². The van der Waals surface area contributed by atoms with Crippen LogP contribution in [-0.2, 0) is 92.8 Å². The summed E-state index contributed by atoms with van der Waals surface area (Å²) < 4.78 is 2.60. The van der Waals surface area contributed by atoms with Crippen molar-refractivity contribution in [2.24, 2.45) is 5.92 Å². The number of amides is 4. The average molecular weight is 1670 g/mol. The smallest absolute Gasteiger partial charge is 0.341 e. The van der Waals surface area contributed by atoms with Crippen LogP contribution in [0.4, 0.5) is 5.69 Å². The van der Waals surface area contributed by atoms with Crippen molar-refractivity contribution < 1.29 is 176 Å². The predicted octanol–water partition coefficient (Wildman–Crippen LogP) is -3.88. The Kier molecular flexibility index (Phi) is 39.2. The van der Waals surface area contributed by atoms with Crippen LogP contribution in [0, 0.1) is 5.92 Å². The first-order valence-corrected chi connectivity index (χ1v) is 34.3. The molecule has 6 atom stereocenters. The van der Waals surface area contributed by atoms with Gasteiger partial charge in [-0.1, -0.05) is 54.5 Å². The Labute approximate surface area is 640 Å². The zero-order valence-corrected chi connectivity index (χ0v) is 61.4. The monoisotopic (exact) mass is 1670 g/mol. The number of hydrogen-bond acceptors (Lipinski definition) is 24. The zero-order chi connectivity index (χ0) is 80.5. The lowest BCUT2D eigenvalue weighted by Gasteiger charge is -2.27. The molecule has 0 fully saturated rings. The molecule has 2 heterocycles. The number of aryl methyl sites for hydroxylation is 1. The highest BCUT2D eigenvalue weighted by molar-refractivity contribution is 7.18. The summed E-state index contributed by atoms with van der Waals surface area (Å²) in [6, 6.07) is 9.68. The van der Waals surface area contributed by atoms with Crippen molar-refractivity contribution in [3.8, 4) is 0 Å². The van der Waals surface area contributed by atoms with Gasteiger partial charge in [-0.3, -0.25) is 96.3 Å². The molecule has 596 valence electrons. The molecule has 1 aliphatic rings. The van der Waals surface area contributed by atoms with Crippen LogP contribution in [0.2, 0.25) is 0 Å². The molecule has 1 aromatic heterocycles. The number of aliphatic carboxylic acids is 12. The van der Waals surface area contributed by atoms with Crippen LogP contribution in [0.1, 0.15) is 107 Å². The van der Waals surface area contributed by atoms with E-state index in [4.69, 9.17) is 0 Å². The van der Waals surface area contributed by atoms with Crippen molar-refractivity contribution in [2.75, 3.05) is 70.3 Å². The molecule has 2 aromatic carbocycles. The third kappa shape index (κ3) is 32.6. The van der Waals surface area contributed by atoms with Gasteiger partial charge in [-0.05, 0) is 68.7 Å². The predicted molar refractivity (Wildman–Crippen MR) is 370 cm³/mol. The second kappa shape index (κ2) is 46.3. The number of carboxylic acids is 12. The topological polar surface area (TPSA) is 618 Å². The number of carbonyl (C=O) groups is 18. The molecule has 16 N–H and O–H groups in total. The maximum Gasteiger partial charge on any atom is 0.341 e. The number of anilines is 1. The Morgan fingerprint density at radius 1 is 0.468 bits per heavy atom. The summed E-state index contributed by atoms with van der Waals surface area (Å²) in [6.45, 7) is -8.29. The number of para-hydroxylation sites is 2. The summed E-state index contributed by atoms with van der Waals surface area (Å²) in [5.41, 5.74) is 2.58. The van der Waals surface area contributed by atoms with E-state index in [1.807, 2.05) is 16.7 Å². The molecule has 3 aromatic rings. The van der Waals surface area contributed by atoms with Gasteiger partial charge in [-0.25, -0.2) is 9.59 Å². The van der Waals surface area contributed by atoms with Gasteiger partial charge < -0.3 is 111 Å². The van der Waals surface area contributed by atoms with E-state index in [0.717, 1.165) is 14.5 Å². The normalized spacial score (nSPS) is 13.7. The van der Waals surface area contributed by atoms with Gasteiger partial charge in [-0.2, -0.15) is 4.57 Å². The molecule has 4 amide bonds. The largest absolute Gasteiger partial charge is 1.00 e. The molecule has 109 heavy (non-hydrogen) atoms. The van der Waals surface area contributed by atoms with Gasteiger partial charge in [0.1, 0.15) is 22.6 Å². The van der Waals surface area contributed by atoms with Crippen molar-refractivity contribution in [2.45, 2.75) is 133 Å². The summed E-state index contributed by atoms with van der Waals surface area (Å²) in [6.07, 6.45) is -2.75. The zero-order valence-electron chi connectivity index (χ0n) is 58.4. The Bertz CT molecular complexity index is 3840. The molecule has 0 saturated carbocycles. The number of Topliss-reactive ketones (excluding diaryl/α,β-unsaturated/α-hetero) is 2. The number of halogens is 1. The Morgan fingerprint density at radius 2 is 0.917 bits per heavy atom. The summed E-state index contributed by atoms with van der Waals surface area (Å²) in [5, 5.41) is 124. The fourth-order valence-electron chi connectivity index (χ4n) is 11.7. The molecule has 0 spiro atoms. The number of aromatic nitrogens is 1. The minimum atomic E-state index is -2.17. The van der Waals surface area contributed by atoms with Crippen molar-refractivity contribution in [1.82, 2.24) is 40.9 Å². The van der Waals surface area contributed by atoms with Crippen LogP contribution in [0.15, 0.2) is 60.8 Å². The van der Waals surface area contributed by atoms with E-state index in [1.54, 1.807) is 59.6 Å². The summed E-state index contributed by atoms with van der Waals surface area (Å²) >= 11 is 1.34. The molecule has 0 aliphatic carbocycles. The van der Waals surface area contributed by atoms with Gasteiger partial charge in [0.15, 0.2) is 24.7 Å². The molecule has 42 heteroatoms. The number of nitrogens with one attached hydrogen (secondary N) is 4. The van der Waals surface area contributed by atoms with Crippen molar-refractivity contribution >= 4 is 146 Å². The Balaban J connectivity index is 0.0000308. The minimum Gasteiger partial charge on any atom is -1.00 e. The number of rotatable bonds is 55. The Hall–Kier alpha value is -11.0. The van der Waals surface area contributed by atoms with Crippen molar-refractivity contribution in [3.63, 3.8) is 0 Å². The number of thiazole rings is 1. The first-order chi connectivity index (χ1) is 50.9. The highest BCUT2D eigenvalue weighted by Crippen LogP contribution is 2.35. The van der Waals surface area contributed by atoms with Crippen molar-refractivity contribution in [1.29, 1.82) is 0 Å². The maximum atomic E-state index is 14.1. The van der Waals surface area contributed by atoms with Crippen LogP contribution in [0.3, 0.4) is 0 Å². The molecule has 0 saturated heterocycles. The van der Waals surface area contributed by atoms with E-state index in [-0.39, 0.29) is 108 Å². The lowest BCUT2D eigenvalue weighted by Crippen LogP contribution is -3.00. The first kappa shape index (κ1) is 92.2. The number of nitrogens with zero attached hydrogens (tertiary/aromatic N) is 6. The van der Waals surface area contributed by atoms with Gasteiger partial charge in [0.2, 0.25) is 29.1 Å². The molecule has 4 rings (SSSR count). The standard InChI is InChI=1S/C67H84N10O30S.HI/c78-40(28-39(17-19-49(80)70-61(66(104)105)75(34-57(91)92)35-58(93)94)63(99)68-24-9-8-14-46(65(102)103)74(32-55(87)88)33-56(89)90)22-26-72-25-21-38(41-10-4-5-11-43(41)72)29-52-77(44-12-6-7-16-48(44)108-52)27-23-51(82)69-42(18-20-50(81)71-62(67(106)107)76(36-59(95)96)37-60(97)98)47(79)15-3-1-2-13-45(64(100)101)73(30-53(83)84)31-54(85)86;/h4-7,10-12,16,21,25,29,39,42,45-46,61-62H,1-3,8-9,13-15,17-20,22-24,26-28,30-37H2,(H15-,68,69,70,71,80,81,82,83,84,85,86,87,88,89,90,91,92,93,94,95,96,97,98,99,100,101,102,103,104,105,106,107);1H. The number of benzene rings is 2. The van der Waals surface area contributed by atoms with Gasteiger partial charge >= 0.3 is 71.6 Å². The number of unbranched alkanes of at least 4 members (excludes halogenated alkanes) is 3. The van der Waals surface area contributed by atoms with Gasteiger partial charge in [0, 0.05) is 80.7 Å². The SMILES string of the molecule is O=C(O)CN(CC(=O)O)C(CCCCCC(=O)C(CCC(=O)NC(C(=O)O)N(CC(=O)O)CC(=O)O)NC(=O)CC[n+]1c(/C=C2\C=CN(CCC(=O)CC(CCC(=O)NC(C(=O)O)N(CC(=O)O)CC(=O)O)C(=O)NCCCCC(C(=O)O)N(CC(=O)O)CC(=O)O)c3ccccc32)sc2ccccc21)C(=O)O.[I-]. The highest BCUT2D eigenvalue weighted by Gasteiger charge is 2.36. The van der Waals surface area contributed by atoms with Gasteiger partial charge in [0.25, 0.3) is 5.01 Å². The first-order valence-electron chi connectivity index (χ1n) is 33.4. The molecule has 6 unspecified atom stereocenters. The summed E-state index contributed by atoms with van der Waals surface area (Å²) in [7, 11) is 0. The molecule has 0 bridgehead atoms. The minimum absolute atomic E-state index is 0. The molecular weight excluding hydrogens is 1580 g/mol. The molecule has 1 aliphatic heterocycles. The van der Waals surface area contributed by atoms with E-state index in [1.165, 1.54) is 11.3 Å². The molecular formula is C67H85IN10O30S. The number of carboxylic acid groups (broad SMARTS) is 12. The quantitative estimate of drug-likeness (QED) is 0.0111. The fraction of sp³-hybridized carbons (Fsp3) is 0.478. The van der Waals surface area contributed by atoms with E-state index in [9.17, 15) is 148 Å². The number of carbonyl (C=O) groups excluding carboxylic acids is 6. The lowest BCUT2D eigenvalue weighted by molar-refractivity contribution is -0.667.